The summed E-state index contributed by atoms with van der Waals surface area (Å²) in [5.41, 5.74) is 0. The summed E-state index contributed by atoms with van der Waals surface area (Å²) < 4.78 is 5.39. The van der Waals surface area contributed by atoms with Crippen LogP contribution in [0, 0.1) is 17.8 Å². The first kappa shape index (κ1) is 6.41. The Labute approximate surface area is 62.1 Å². The molecule has 0 aromatic carbocycles. The predicted molar refractivity (Wildman–Crippen MR) is 40.7 cm³/mol. The van der Waals surface area contributed by atoms with E-state index in [0.717, 1.165) is 31.0 Å². The second-order valence-corrected chi connectivity index (χ2v) is 3.56. The Morgan fingerprint density at radius 2 is 2.20 bits per heavy atom. The van der Waals surface area contributed by atoms with Gasteiger partial charge in [0.1, 0.15) is 0 Å². The normalized spacial score (nSPS) is 45.5. The first-order chi connectivity index (χ1) is 4.86. The molecule has 2 aliphatic rings. The zero-order chi connectivity index (χ0) is 6.97. The molecule has 56 valence electrons. The van der Waals surface area contributed by atoms with Crippen molar-refractivity contribution in [1.29, 1.82) is 0 Å². The van der Waals surface area contributed by atoms with Gasteiger partial charge in [-0.2, -0.15) is 0 Å². The minimum absolute atomic E-state index is 0.746. The van der Waals surface area contributed by atoms with Crippen molar-refractivity contribution in [3.05, 3.63) is 12.2 Å². The van der Waals surface area contributed by atoms with Gasteiger partial charge in [0.15, 0.2) is 0 Å². The first-order valence-corrected chi connectivity index (χ1v) is 4.12. The van der Waals surface area contributed by atoms with E-state index in [1.54, 1.807) is 0 Å². The number of rotatable bonds is 0. The molecule has 0 saturated carbocycles. The maximum atomic E-state index is 5.39. The van der Waals surface area contributed by atoms with E-state index in [9.17, 15) is 0 Å². The minimum Gasteiger partial charge on any atom is -0.381 e. The van der Waals surface area contributed by atoms with E-state index < -0.39 is 0 Å². The lowest BCUT2D eigenvalue weighted by Crippen LogP contribution is -2.17. The van der Waals surface area contributed by atoms with E-state index in [1.165, 1.54) is 6.42 Å². The van der Waals surface area contributed by atoms with Crippen LogP contribution in [0.25, 0.3) is 0 Å². The molecule has 2 rings (SSSR count). The Kier molecular flexibility index (Phi) is 1.53. The summed E-state index contributed by atoms with van der Waals surface area (Å²) in [6, 6.07) is 0. The van der Waals surface area contributed by atoms with Crippen molar-refractivity contribution < 1.29 is 4.74 Å². The van der Waals surface area contributed by atoms with Crippen LogP contribution in [0.4, 0.5) is 0 Å². The summed E-state index contributed by atoms with van der Waals surface area (Å²) in [5, 5.41) is 0. The highest BCUT2D eigenvalue weighted by molar-refractivity contribution is 5.01. The third-order valence-corrected chi connectivity index (χ3v) is 2.61. The van der Waals surface area contributed by atoms with E-state index in [4.69, 9.17) is 4.74 Å². The molecule has 1 aliphatic heterocycles. The van der Waals surface area contributed by atoms with Gasteiger partial charge in [-0.15, -0.1) is 0 Å². The number of allylic oxidation sites excluding steroid dienone is 1. The van der Waals surface area contributed by atoms with Gasteiger partial charge in [-0.3, -0.25) is 0 Å². The zero-order valence-electron chi connectivity index (χ0n) is 6.42. The molecule has 0 bridgehead atoms. The highest BCUT2D eigenvalue weighted by atomic mass is 16.5. The van der Waals surface area contributed by atoms with Crippen LogP contribution in [0.3, 0.4) is 0 Å². The van der Waals surface area contributed by atoms with Crippen LogP contribution < -0.4 is 0 Å². The largest absolute Gasteiger partial charge is 0.381 e. The summed E-state index contributed by atoms with van der Waals surface area (Å²) in [5.74, 6) is 2.36. The Morgan fingerprint density at radius 1 is 1.30 bits per heavy atom. The van der Waals surface area contributed by atoms with Crippen molar-refractivity contribution in [2.24, 2.45) is 17.8 Å². The molecule has 10 heavy (non-hydrogen) atoms. The zero-order valence-corrected chi connectivity index (χ0v) is 6.42. The van der Waals surface area contributed by atoms with Gasteiger partial charge >= 0.3 is 0 Å². The van der Waals surface area contributed by atoms with Gasteiger partial charge in [-0.25, -0.2) is 0 Å². The Bertz CT molecular complexity index is 151. The van der Waals surface area contributed by atoms with Gasteiger partial charge in [0.05, 0.1) is 13.2 Å². The molecule has 0 unspecified atom stereocenters. The highest BCUT2D eigenvalue weighted by Crippen LogP contribution is 2.32. The minimum atomic E-state index is 0.746. The fourth-order valence-electron chi connectivity index (χ4n) is 1.96. The molecule has 1 saturated heterocycles. The SMILES string of the molecule is C[C@@H]1C=C[C@@H]2COC[C@@H]2C1. The molecule has 0 spiro atoms. The van der Waals surface area contributed by atoms with Crippen molar-refractivity contribution in [3.63, 3.8) is 0 Å². The lowest BCUT2D eigenvalue weighted by Gasteiger charge is -2.21. The van der Waals surface area contributed by atoms with E-state index in [1.807, 2.05) is 0 Å². The van der Waals surface area contributed by atoms with Crippen molar-refractivity contribution in [1.82, 2.24) is 0 Å². The van der Waals surface area contributed by atoms with Gasteiger partial charge in [-0.1, -0.05) is 19.1 Å². The molecule has 1 fully saturated rings. The number of fused-ring (bicyclic) bond motifs is 1. The molecular formula is C9H14O. The number of hydrogen-bond donors (Lipinski definition) is 0. The van der Waals surface area contributed by atoms with Crippen LogP contribution >= 0.6 is 0 Å². The van der Waals surface area contributed by atoms with Crippen LogP contribution in [-0.4, -0.2) is 13.2 Å². The number of hydrogen-bond acceptors (Lipinski definition) is 1. The fraction of sp³-hybridized carbons (Fsp3) is 0.778. The quantitative estimate of drug-likeness (QED) is 0.464. The molecule has 1 aliphatic carbocycles. The molecule has 1 heteroatoms. The van der Waals surface area contributed by atoms with Gasteiger partial charge in [-0.05, 0) is 18.3 Å². The van der Waals surface area contributed by atoms with E-state index in [0.29, 0.717) is 0 Å². The Hall–Kier alpha value is -0.300. The van der Waals surface area contributed by atoms with Crippen LogP contribution in [0.2, 0.25) is 0 Å². The molecule has 0 amide bonds. The maximum absolute atomic E-state index is 5.39. The lowest BCUT2D eigenvalue weighted by atomic mass is 9.82. The van der Waals surface area contributed by atoms with Gasteiger partial charge < -0.3 is 4.74 Å². The van der Waals surface area contributed by atoms with Crippen molar-refractivity contribution in [2.45, 2.75) is 13.3 Å². The molecule has 0 aromatic rings. The van der Waals surface area contributed by atoms with Crippen LogP contribution in [-0.2, 0) is 4.74 Å². The third kappa shape index (κ3) is 0.988. The maximum Gasteiger partial charge on any atom is 0.0532 e. The van der Waals surface area contributed by atoms with Crippen LogP contribution in [0.1, 0.15) is 13.3 Å². The van der Waals surface area contributed by atoms with Crippen LogP contribution in [0.5, 0.6) is 0 Å². The first-order valence-electron chi connectivity index (χ1n) is 4.12. The second kappa shape index (κ2) is 2.39. The molecule has 3 atom stereocenters. The van der Waals surface area contributed by atoms with Gasteiger partial charge in [0.25, 0.3) is 0 Å². The summed E-state index contributed by atoms with van der Waals surface area (Å²) >= 11 is 0. The molecular weight excluding hydrogens is 124 g/mol. The van der Waals surface area contributed by atoms with Gasteiger partial charge in [0, 0.05) is 5.92 Å². The summed E-state index contributed by atoms with van der Waals surface area (Å²) in [7, 11) is 0. The molecule has 0 N–H and O–H groups in total. The predicted octanol–water partition coefficient (Wildman–Crippen LogP) is 1.84. The second-order valence-electron chi connectivity index (χ2n) is 3.56. The smallest absolute Gasteiger partial charge is 0.0532 e. The van der Waals surface area contributed by atoms with Crippen molar-refractivity contribution >= 4 is 0 Å². The number of ether oxygens (including phenoxy) is 1. The molecule has 0 radical (unpaired) electrons. The lowest BCUT2D eigenvalue weighted by molar-refractivity contribution is 0.181. The van der Waals surface area contributed by atoms with Crippen molar-refractivity contribution in [3.8, 4) is 0 Å². The van der Waals surface area contributed by atoms with Crippen molar-refractivity contribution in [2.75, 3.05) is 13.2 Å². The summed E-state index contributed by atoms with van der Waals surface area (Å²) in [6.07, 6.45) is 6.00. The average Bonchev–Trinajstić information content (AvgIpc) is 2.33. The highest BCUT2D eigenvalue weighted by Gasteiger charge is 2.29. The molecule has 1 nitrogen and oxygen atoms in total. The standard InChI is InChI=1S/C9H14O/c1-7-2-3-8-5-10-6-9(8)4-7/h2-3,7-9H,4-6H2,1H3/t7-,8-,9+/m1/s1. The topological polar surface area (TPSA) is 9.23 Å². The third-order valence-electron chi connectivity index (χ3n) is 2.61. The van der Waals surface area contributed by atoms with Gasteiger partial charge in [0.2, 0.25) is 0 Å². The Morgan fingerprint density at radius 3 is 3.10 bits per heavy atom. The monoisotopic (exact) mass is 138 g/mol. The summed E-state index contributed by atoms with van der Waals surface area (Å²) in [6.45, 7) is 4.25. The average molecular weight is 138 g/mol. The van der Waals surface area contributed by atoms with Crippen LogP contribution in [0.15, 0.2) is 12.2 Å². The van der Waals surface area contributed by atoms with E-state index >= 15 is 0 Å². The molecule has 0 aromatic heterocycles. The molecule has 1 heterocycles. The summed E-state index contributed by atoms with van der Waals surface area (Å²) in [4.78, 5) is 0. The van der Waals surface area contributed by atoms with E-state index in [2.05, 4.69) is 19.1 Å². The van der Waals surface area contributed by atoms with E-state index in [-0.39, 0.29) is 0 Å². The fourth-order valence-corrected chi connectivity index (χ4v) is 1.96. The Balaban J connectivity index is 2.09.